The molecule has 0 aromatic rings. The van der Waals surface area contributed by atoms with Crippen molar-refractivity contribution in [1.82, 2.24) is 0 Å². The van der Waals surface area contributed by atoms with Crippen molar-refractivity contribution >= 4 is 11.6 Å². The number of fused-ring (bicyclic) bond motifs is 5. The van der Waals surface area contributed by atoms with Gasteiger partial charge >= 0.3 is 0 Å². The molecule has 11 atom stereocenters. The zero-order chi connectivity index (χ0) is 23.0. The zero-order valence-electron chi connectivity index (χ0n) is 20.7. The van der Waals surface area contributed by atoms with Crippen LogP contribution < -0.4 is 0 Å². The first kappa shape index (κ1) is 22.8. The van der Waals surface area contributed by atoms with Crippen molar-refractivity contribution in [3.63, 3.8) is 0 Å². The zero-order valence-corrected chi connectivity index (χ0v) is 20.7. The molecule has 5 saturated carbocycles. The maximum Gasteiger partial charge on any atom is 0.158 e. The first-order chi connectivity index (χ1) is 15.1. The molecule has 0 heterocycles. The lowest BCUT2D eigenvalue weighted by molar-refractivity contribution is -0.164. The fourth-order valence-corrected chi connectivity index (χ4v) is 9.49. The molecule has 0 aromatic carbocycles. The third-order valence-corrected chi connectivity index (χ3v) is 11.8. The molecule has 0 amide bonds. The molecule has 5 rings (SSSR count). The minimum Gasteiger partial charge on any atom is -0.393 e. The highest BCUT2D eigenvalue weighted by molar-refractivity contribution is 5.95. The van der Waals surface area contributed by atoms with Gasteiger partial charge in [-0.2, -0.15) is 0 Å². The summed E-state index contributed by atoms with van der Waals surface area (Å²) in [6, 6.07) is 0. The van der Waals surface area contributed by atoms with Crippen LogP contribution in [0.15, 0.2) is 12.2 Å². The van der Waals surface area contributed by atoms with Crippen LogP contribution in [0, 0.1) is 58.2 Å². The second kappa shape index (κ2) is 7.79. The van der Waals surface area contributed by atoms with Crippen LogP contribution in [0.25, 0.3) is 0 Å². The number of allylic oxidation sites excluding steroid dienone is 1. The highest BCUT2D eigenvalue weighted by Gasteiger charge is 2.63. The van der Waals surface area contributed by atoms with E-state index in [1.54, 1.807) is 0 Å². The third kappa shape index (κ3) is 3.31. The van der Waals surface area contributed by atoms with Gasteiger partial charge in [0.15, 0.2) is 5.78 Å². The largest absolute Gasteiger partial charge is 0.393 e. The summed E-state index contributed by atoms with van der Waals surface area (Å²) < 4.78 is 0. The summed E-state index contributed by atoms with van der Waals surface area (Å²) in [7, 11) is 0. The fraction of sp³-hybridized carbons (Fsp3) is 0.862. The Morgan fingerprint density at radius 3 is 2.56 bits per heavy atom. The van der Waals surface area contributed by atoms with E-state index in [2.05, 4.69) is 34.3 Å². The highest BCUT2D eigenvalue weighted by atomic mass is 16.3. The van der Waals surface area contributed by atoms with E-state index in [-0.39, 0.29) is 28.6 Å². The smallest absolute Gasteiger partial charge is 0.158 e. The summed E-state index contributed by atoms with van der Waals surface area (Å²) in [6.45, 7) is 13.6. The molecular weight excluding hydrogens is 396 g/mol. The predicted octanol–water partition coefficient (Wildman–Crippen LogP) is 5.99. The average molecular weight is 441 g/mol. The number of rotatable bonds is 5. The summed E-state index contributed by atoms with van der Waals surface area (Å²) in [5.74, 6) is 4.85. The predicted molar refractivity (Wildman–Crippen MR) is 127 cm³/mol. The van der Waals surface area contributed by atoms with Crippen LogP contribution in [-0.2, 0) is 9.59 Å². The SMILES string of the molecule is C=C(C(=O)C[C@@H](C)[C@H]1C[C@H]1C)[C@H]1CC[C@H]2[C@@H]3CC[C@H]4CC(=O)CC[C@]4(C)[C@H]3C[C@@H](O)[C@]12C. The normalized spacial score (nSPS) is 50.7. The number of aliphatic hydroxyl groups is 1. The summed E-state index contributed by atoms with van der Waals surface area (Å²) in [5, 5.41) is 11.6. The van der Waals surface area contributed by atoms with E-state index in [9.17, 15) is 14.7 Å². The van der Waals surface area contributed by atoms with Gasteiger partial charge in [-0.1, -0.05) is 34.3 Å². The number of hydrogen-bond donors (Lipinski definition) is 1. The quantitative estimate of drug-likeness (QED) is 0.534. The number of carbonyl (C=O) groups excluding carboxylic acids is 2. The van der Waals surface area contributed by atoms with Crippen molar-refractivity contribution in [2.24, 2.45) is 58.2 Å². The molecular formula is C29H44O3. The molecule has 5 aliphatic carbocycles. The monoisotopic (exact) mass is 440 g/mol. The maximum absolute atomic E-state index is 13.2. The van der Waals surface area contributed by atoms with Crippen LogP contribution >= 0.6 is 0 Å². The van der Waals surface area contributed by atoms with E-state index in [1.165, 1.54) is 12.8 Å². The van der Waals surface area contributed by atoms with Crippen LogP contribution in [0.4, 0.5) is 0 Å². The summed E-state index contributed by atoms with van der Waals surface area (Å²) in [5.41, 5.74) is 0.772. The van der Waals surface area contributed by atoms with Gasteiger partial charge in [-0.3, -0.25) is 9.59 Å². The highest BCUT2D eigenvalue weighted by Crippen LogP contribution is 2.68. The number of carbonyl (C=O) groups is 2. The van der Waals surface area contributed by atoms with Crippen LogP contribution in [-0.4, -0.2) is 22.8 Å². The molecule has 3 nitrogen and oxygen atoms in total. The Morgan fingerprint density at radius 2 is 1.88 bits per heavy atom. The Balaban J connectivity index is 1.34. The maximum atomic E-state index is 13.2. The molecule has 32 heavy (non-hydrogen) atoms. The Labute approximate surface area is 194 Å². The van der Waals surface area contributed by atoms with Gasteiger partial charge < -0.3 is 5.11 Å². The Kier molecular flexibility index (Phi) is 5.55. The molecule has 3 heteroatoms. The van der Waals surface area contributed by atoms with E-state index in [4.69, 9.17) is 0 Å². The third-order valence-electron chi connectivity index (χ3n) is 11.8. The van der Waals surface area contributed by atoms with Gasteiger partial charge in [0.2, 0.25) is 0 Å². The molecule has 0 unspecified atom stereocenters. The van der Waals surface area contributed by atoms with Crippen LogP contribution in [0.5, 0.6) is 0 Å². The summed E-state index contributed by atoms with van der Waals surface area (Å²) in [6.07, 6.45) is 9.29. The number of ketones is 2. The topological polar surface area (TPSA) is 54.4 Å². The molecule has 0 aliphatic heterocycles. The first-order valence-electron chi connectivity index (χ1n) is 13.5. The first-order valence-corrected chi connectivity index (χ1v) is 13.5. The molecule has 1 N–H and O–H groups in total. The van der Waals surface area contributed by atoms with Gasteiger partial charge in [-0.15, -0.1) is 0 Å². The Morgan fingerprint density at radius 1 is 1.16 bits per heavy atom. The van der Waals surface area contributed by atoms with Crippen molar-refractivity contribution in [2.45, 2.75) is 98.0 Å². The molecule has 0 bridgehead atoms. The lowest BCUT2D eigenvalue weighted by Gasteiger charge is -2.61. The van der Waals surface area contributed by atoms with Crippen molar-refractivity contribution in [3.05, 3.63) is 12.2 Å². The van der Waals surface area contributed by atoms with Crippen LogP contribution in [0.3, 0.4) is 0 Å². The van der Waals surface area contributed by atoms with Gasteiger partial charge in [-0.25, -0.2) is 0 Å². The van der Waals surface area contributed by atoms with E-state index in [0.29, 0.717) is 47.7 Å². The second-order valence-electron chi connectivity index (χ2n) is 13.2. The molecule has 178 valence electrons. The Hall–Kier alpha value is -0.960. The molecule has 0 radical (unpaired) electrons. The Bertz CT molecular complexity index is 815. The molecule has 5 fully saturated rings. The lowest BCUT2D eigenvalue weighted by Crippen LogP contribution is -2.58. The van der Waals surface area contributed by atoms with Gasteiger partial charge in [0.1, 0.15) is 5.78 Å². The van der Waals surface area contributed by atoms with Gasteiger partial charge in [0.25, 0.3) is 0 Å². The van der Waals surface area contributed by atoms with Crippen molar-refractivity contribution in [1.29, 1.82) is 0 Å². The van der Waals surface area contributed by atoms with Gasteiger partial charge in [-0.05, 0) is 103 Å². The molecule has 0 spiro atoms. The lowest BCUT2D eigenvalue weighted by atomic mass is 9.44. The van der Waals surface area contributed by atoms with Gasteiger partial charge in [0, 0.05) is 24.7 Å². The minimum absolute atomic E-state index is 0.123. The van der Waals surface area contributed by atoms with Crippen molar-refractivity contribution < 1.29 is 14.7 Å². The standard InChI is InChI=1S/C29H44O3/c1-16-12-22(16)17(2)13-26(31)18(3)23-8-9-24-21-7-6-19-14-20(30)10-11-28(19,4)25(21)15-27(32)29(23,24)5/h16-17,19,21-25,27,32H,3,6-15H2,1-2,4-5H3/t16-,17-,19+,21+,22+,23-,24+,25+,27-,28+,29-/m1/s1. The molecule has 0 aromatic heterocycles. The second-order valence-corrected chi connectivity index (χ2v) is 13.2. The van der Waals surface area contributed by atoms with E-state index in [1.807, 2.05) is 0 Å². The number of hydrogen-bond acceptors (Lipinski definition) is 3. The van der Waals surface area contributed by atoms with Gasteiger partial charge in [0.05, 0.1) is 6.10 Å². The van der Waals surface area contributed by atoms with Crippen LogP contribution in [0.2, 0.25) is 0 Å². The average Bonchev–Trinajstić information content (AvgIpc) is 3.37. The fourth-order valence-electron chi connectivity index (χ4n) is 9.49. The number of Topliss-reactive ketones (excluding diaryl/α,β-unsaturated/α-hetero) is 2. The van der Waals surface area contributed by atoms with E-state index >= 15 is 0 Å². The molecule has 0 saturated heterocycles. The van der Waals surface area contributed by atoms with Crippen molar-refractivity contribution in [2.75, 3.05) is 0 Å². The summed E-state index contributed by atoms with van der Waals surface area (Å²) in [4.78, 5) is 25.4. The number of aliphatic hydroxyl groups excluding tert-OH is 1. The van der Waals surface area contributed by atoms with Crippen LogP contribution in [0.1, 0.15) is 91.9 Å². The molecule has 5 aliphatic rings. The summed E-state index contributed by atoms with van der Waals surface area (Å²) >= 11 is 0. The minimum atomic E-state index is -0.375. The van der Waals surface area contributed by atoms with E-state index in [0.717, 1.165) is 56.4 Å². The van der Waals surface area contributed by atoms with Crippen molar-refractivity contribution in [3.8, 4) is 0 Å². The van der Waals surface area contributed by atoms with E-state index < -0.39 is 0 Å².